The van der Waals surface area contributed by atoms with E-state index >= 15 is 0 Å². The molecule has 0 amide bonds. The molecular formula is C15H23BrN4O. The van der Waals surface area contributed by atoms with Crippen LogP contribution in [0.3, 0.4) is 0 Å². The molecule has 0 aliphatic carbocycles. The fourth-order valence-electron chi connectivity index (χ4n) is 2.69. The first-order valence-electron chi connectivity index (χ1n) is 7.52. The molecule has 0 aromatic carbocycles. The first-order chi connectivity index (χ1) is 10.2. The monoisotopic (exact) mass is 354 g/mol. The van der Waals surface area contributed by atoms with Crippen molar-refractivity contribution in [3.63, 3.8) is 0 Å². The van der Waals surface area contributed by atoms with Gasteiger partial charge in [0.05, 0.1) is 18.4 Å². The molecule has 1 atom stereocenters. The maximum atomic E-state index is 12.3. The number of halogens is 1. The van der Waals surface area contributed by atoms with Crippen LogP contribution in [0, 0.1) is 0 Å². The molecule has 1 aromatic rings. The summed E-state index contributed by atoms with van der Waals surface area (Å²) in [4.78, 5) is 14.5. The minimum Gasteiger partial charge on any atom is -0.368 e. The molecule has 1 aromatic heterocycles. The van der Waals surface area contributed by atoms with Crippen molar-refractivity contribution in [1.29, 1.82) is 0 Å². The average molecular weight is 355 g/mol. The van der Waals surface area contributed by atoms with Crippen molar-refractivity contribution < 1.29 is 0 Å². The Labute approximate surface area is 134 Å². The van der Waals surface area contributed by atoms with Crippen LogP contribution >= 0.6 is 15.9 Å². The van der Waals surface area contributed by atoms with Crippen molar-refractivity contribution in [2.75, 3.05) is 24.5 Å². The van der Waals surface area contributed by atoms with Gasteiger partial charge < -0.3 is 10.2 Å². The Morgan fingerprint density at radius 2 is 2.48 bits per heavy atom. The summed E-state index contributed by atoms with van der Waals surface area (Å²) >= 11 is 3.45. The Morgan fingerprint density at radius 1 is 1.67 bits per heavy atom. The highest BCUT2D eigenvalue weighted by Gasteiger charge is 2.20. The lowest BCUT2D eigenvalue weighted by molar-refractivity contribution is 0.573. The third kappa shape index (κ3) is 3.95. The third-order valence-corrected chi connectivity index (χ3v) is 4.45. The highest BCUT2D eigenvalue weighted by molar-refractivity contribution is 9.10. The van der Waals surface area contributed by atoms with E-state index in [0.29, 0.717) is 17.1 Å². The molecule has 5 nitrogen and oxygen atoms in total. The molecule has 1 fully saturated rings. The van der Waals surface area contributed by atoms with E-state index in [9.17, 15) is 4.79 Å². The van der Waals surface area contributed by atoms with Gasteiger partial charge in [0, 0.05) is 19.1 Å². The molecular weight excluding hydrogens is 332 g/mol. The SMILES string of the molecule is C=CCn1ncc(N(CCC)CC2CCCN2)c(Br)c1=O. The maximum Gasteiger partial charge on any atom is 0.283 e. The van der Waals surface area contributed by atoms with Gasteiger partial charge in [-0.1, -0.05) is 13.0 Å². The van der Waals surface area contributed by atoms with E-state index in [4.69, 9.17) is 0 Å². The zero-order valence-electron chi connectivity index (χ0n) is 12.5. The summed E-state index contributed by atoms with van der Waals surface area (Å²) in [5.41, 5.74) is 0.781. The van der Waals surface area contributed by atoms with Crippen LogP contribution in [-0.2, 0) is 6.54 Å². The molecule has 1 saturated heterocycles. The van der Waals surface area contributed by atoms with E-state index < -0.39 is 0 Å². The standard InChI is InChI=1S/C15H23BrN4O/c1-3-8-19(11-12-6-5-7-17-12)13-10-18-20(9-4-2)15(21)14(13)16/h4,10,12,17H,2-3,5-9,11H2,1H3. The van der Waals surface area contributed by atoms with Gasteiger partial charge in [0.25, 0.3) is 5.56 Å². The van der Waals surface area contributed by atoms with E-state index in [0.717, 1.165) is 31.7 Å². The van der Waals surface area contributed by atoms with Gasteiger partial charge in [0.15, 0.2) is 0 Å². The van der Waals surface area contributed by atoms with Gasteiger partial charge in [0.2, 0.25) is 0 Å². The molecule has 1 aliphatic rings. The third-order valence-electron chi connectivity index (χ3n) is 3.71. The summed E-state index contributed by atoms with van der Waals surface area (Å²) in [6.45, 7) is 9.15. The summed E-state index contributed by atoms with van der Waals surface area (Å²) in [7, 11) is 0. The second-order valence-corrected chi connectivity index (χ2v) is 6.15. The Morgan fingerprint density at radius 3 is 3.10 bits per heavy atom. The molecule has 2 rings (SSSR count). The van der Waals surface area contributed by atoms with Gasteiger partial charge in [-0.3, -0.25) is 4.79 Å². The smallest absolute Gasteiger partial charge is 0.283 e. The highest BCUT2D eigenvalue weighted by Crippen LogP contribution is 2.23. The number of allylic oxidation sites excluding steroid dienone is 1. The van der Waals surface area contributed by atoms with Gasteiger partial charge in [-0.05, 0) is 41.7 Å². The fraction of sp³-hybridized carbons (Fsp3) is 0.600. The van der Waals surface area contributed by atoms with Crippen LogP contribution in [0.1, 0.15) is 26.2 Å². The minimum absolute atomic E-state index is 0.104. The number of nitrogens with zero attached hydrogens (tertiary/aromatic N) is 3. The van der Waals surface area contributed by atoms with Crippen LogP contribution in [0.5, 0.6) is 0 Å². The lowest BCUT2D eigenvalue weighted by Crippen LogP contribution is -2.39. The van der Waals surface area contributed by atoms with Gasteiger partial charge in [-0.15, -0.1) is 6.58 Å². The predicted octanol–water partition coefficient (Wildman–Crippen LogP) is 2.16. The number of nitrogens with one attached hydrogen (secondary N) is 1. The molecule has 0 bridgehead atoms. The van der Waals surface area contributed by atoms with Gasteiger partial charge in [-0.25, -0.2) is 4.68 Å². The van der Waals surface area contributed by atoms with Crippen molar-refractivity contribution in [1.82, 2.24) is 15.1 Å². The molecule has 21 heavy (non-hydrogen) atoms. The quantitative estimate of drug-likeness (QED) is 0.762. The molecule has 1 aliphatic heterocycles. The first-order valence-corrected chi connectivity index (χ1v) is 8.31. The lowest BCUT2D eigenvalue weighted by Gasteiger charge is -2.28. The Balaban J connectivity index is 2.24. The molecule has 0 radical (unpaired) electrons. The topological polar surface area (TPSA) is 50.2 Å². The Hall–Kier alpha value is -1.14. The minimum atomic E-state index is -0.104. The van der Waals surface area contributed by atoms with Crippen molar-refractivity contribution in [2.45, 2.75) is 38.8 Å². The summed E-state index contributed by atoms with van der Waals surface area (Å²) < 4.78 is 2.00. The van der Waals surface area contributed by atoms with Crippen molar-refractivity contribution in [3.05, 3.63) is 33.7 Å². The zero-order chi connectivity index (χ0) is 15.2. The molecule has 1 unspecified atom stereocenters. The van der Waals surface area contributed by atoms with Crippen LogP contribution in [-0.4, -0.2) is 35.5 Å². The largest absolute Gasteiger partial charge is 0.368 e. The average Bonchev–Trinajstić information content (AvgIpc) is 2.97. The normalized spacial score (nSPS) is 17.9. The van der Waals surface area contributed by atoms with Crippen LogP contribution in [0.4, 0.5) is 5.69 Å². The van der Waals surface area contributed by atoms with Gasteiger partial charge in [-0.2, -0.15) is 5.10 Å². The molecule has 116 valence electrons. The molecule has 0 spiro atoms. The predicted molar refractivity (Wildman–Crippen MR) is 89.9 cm³/mol. The van der Waals surface area contributed by atoms with Crippen molar-refractivity contribution in [2.24, 2.45) is 0 Å². The van der Waals surface area contributed by atoms with Crippen LogP contribution in [0.2, 0.25) is 0 Å². The van der Waals surface area contributed by atoms with Crippen LogP contribution < -0.4 is 15.8 Å². The first kappa shape index (κ1) is 16.2. The summed E-state index contributed by atoms with van der Waals surface area (Å²) in [5.74, 6) is 0. The lowest BCUT2D eigenvalue weighted by atomic mass is 10.2. The number of aromatic nitrogens is 2. The number of hydrogen-bond donors (Lipinski definition) is 1. The van der Waals surface area contributed by atoms with E-state index in [-0.39, 0.29) is 5.56 Å². The Kier molecular flexibility index (Phi) is 5.99. The van der Waals surface area contributed by atoms with E-state index in [1.165, 1.54) is 17.5 Å². The highest BCUT2D eigenvalue weighted by atomic mass is 79.9. The van der Waals surface area contributed by atoms with Crippen molar-refractivity contribution >= 4 is 21.6 Å². The van der Waals surface area contributed by atoms with E-state index in [1.807, 2.05) is 0 Å². The number of hydrogen-bond acceptors (Lipinski definition) is 4. The summed E-state index contributed by atoms with van der Waals surface area (Å²) in [6, 6.07) is 0.499. The van der Waals surface area contributed by atoms with Gasteiger partial charge in [0.1, 0.15) is 4.47 Å². The second kappa shape index (κ2) is 7.75. The summed E-state index contributed by atoms with van der Waals surface area (Å²) in [6.07, 6.45) is 6.91. The molecule has 6 heteroatoms. The van der Waals surface area contributed by atoms with Crippen molar-refractivity contribution in [3.8, 4) is 0 Å². The van der Waals surface area contributed by atoms with Crippen LogP contribution in [0.25, 0.3) is 0 Å². The zero-order valence-corrected chi connectivity index (χ0v) is 14.1. The summed E-state index contributed by atoms with van der Waals surface area (Å²) in [5, 5.41) is 7.75. The van der Waals surface area contributed by atoms with E-state index in [1.54, 1.807) is 12.3 Å². The fourth-order valence-corrected chi connectivity index (χ4v) is 3.25. The maximum absolute atomic E-state index is 12.3. The Bertz CT molecular complexity index is 537. The van der Waals surface area contributed by atoms with Crippen LogP contribution in [0.15, 0.2) is 28.1 Å². The molecule has 1 N–H and O–H groups in total. The molecule has 0 saturated carbocycles. The van der Waals surface area contributed by atoms with E-state index in [2.05, 4.69) is 44.7 Å². The van der Waals surface area contributed by atoms with Gasteiger partial charge >= 0.3 is 0 Å². The molecule has 2 heterocycles. The number of rotatable bonds is 7. The second-order valence-electron chi connectivity index (χ2n) is 5.36. The number of anilines is 1.